The lowest BCUT2D eigenvalue weighted by Crippen LogP contribution is -2.18. The highest BCUT2D eigenvalue weighted by Crippen LogP contribution is 2.09. The van der Waals surface area contributed by atoms with Crippen molar-refractivity contribution in [3.8, 4) is 11.6 Å². The van der Waals surface area contributed by atoms with E-state index in [2.05, 4.69) is 19.9 Å². The quantitative estimate of drug-likeness (QED) is 0.853. The van der Waals surface area contributed by atoms with Crippen molar-refractivity contribution in [1.82, 2.24) is 19.9 Å². The zero-order valence-electron chi connectivity index (χ0n) is 9.96. The second kappa shape index (κ2) is 4.97. The van der Waals surface area contributed by atoms with E-state index >= 15 is 0 Å². The van der Waals surface area contributed by atoms with Crippen molar-refractivity contribution in [2.75, 3.05) is 0 Å². The Bertz CT molecular complexity index is 493. The Morgan fingerprint density at radius 3 is 2.53 bits per heavy atom. The van der Waals surface area contributed by atoms with Gasteiger partial charge in [0, 0.05) is 36.7 Å². The molecule has 2 N–H and O–H groups in total. The van der Waals surface area contributed by atoms with E-state index in [0.29, 0.717) is 11.6 Å². The summed E-state index contributed by atoms with van der Waals surface area (Å²) >= 11 is 0. The lowest BCUT2D eigenvalue weighted by Gasteiger charge is -2.05. The van der Waals surface area contributed by atoms with Crippen LogP contribution < -0.4 is 5.73 Å². The zero-order valence-corrected chi connectivity index (χ0v) is 9.96. The Kier molecular flexibility index (Phi) is 3.39. The van der Waals surface area contributed by atoms with Crippen LogP contribution in [0.1, 0.15) is 18.2 Å². The minimum absolute atomic E-state index is 0.0803. The van der Waals surface area contributed by atoms with Gasteiger partial charge in [0.1, 0.15) is 0 Å². The third-order valence-corrected chi connectivity index (χ3v) is 2.23. The van der Waals surface area contributed by atoms with Gasteiger partial charge in [-0.2, -0.15) is 0 Å². The van der Waals surface area contributed by atoms with Gasteiger partial charge in [-0.1, -0.05) is 0 Å². The first-order valence-electron chi connectivity index (χ1n) is 5.51. The Morgan fingerprint density at radius 1 is 1.18 bits per heavy atom. The maximum absolute atomic E-state index is 5.74. The maximum atomic E-state index is 5.74. The highest BCUT2D eigenvalue weighted by atomic mass is 15.0. The Labute approximate surface area is 100 Å². The first-order valence-corrected chi connectivity index (χ1v) is 5.51. The first-order chi connectivity index (χ1) is 8.15. The smallest absolute Gasteiger partial charge is 0.197 e. The normalized spacial score (nSPS) is 12.4. The predicted octanol–water partition coefficient (Wildman–Crippen LogP) is 1.13. The van der Waals surface area contributed by atoms with Crippen LogP contribution in [0.15, 0.2) is 24.7 Å². The average Bonchev–Trinajstić information content (AvgIpc) is 2.29. The summed E-state index contributed by atoms with van der Waals surface area (Å²) in [7, 11) is 0. The summed E-state index contributed by atoms with van der Waals surface area (Å²) in [6, 6.07) is 1.94. The van der Waals surface area contributed by atoms with Gasteiger partial charge in [0.25, 0.3) is 0 Å². The van der Waals surface area contributed by atoms with Crippen LogP contribution in [0.3, 0.4) is 0 Å². The first kappa shape index (κ1) is 11.6. The van der Waals surface area contributed by atoms with Crippen LogP contribution in [0, 0.1) is 6.92 Å². The molecule has 0 spiro atoms. The molecule has 0 bridgehead atoms. The number of aromatic nitrogens is 4. The lowest BCUT2D eigenvalue weighted by molar-refractivity contribution is 0.720. The molecule has 0 aliphatic carbocycles. The number of hydrogen-bond donors (Lipinski definition) is 1. The molecule has 2 aromatic rings. The van der Waals surface area contributed by atoms with Crippen molar-refractivity contribution < 1.29 is 0 Å². The zero-order chi connectivity index (χ0) is 12.3. The van der Waals surface area contributed by atoms with Gasteiger partial charge < -0.3 is 5.73 Å². The van der Waals surface area contributed by atoms with Crippen LogP contribution >= 0.6 is 0 Å². The molecule has 5 heteroatoms. The van der Waals surface area contributed by atoms with E-state index in [0.717, 1.165) is 17.7 Å². The molecule has 0 fully saturated rings. The van der Waals surface area contributed by atoms with Crippen LogP contribution in [-0.2, 0) is 6.42 Å². The van der Waals surface area contributed by atoms with Crippen LogP contribution in [0.4, 0.5) is 0 Å². The van der Waals surface area contributed by atoms with Crippen molar-refractivity contribution in [3.05, 3.63) is 35.9 Å². The molecule has 2 heterocycles. The summed E-state index contributed by atoms with van der Waals surface area (Å²) < 4.78 is 0. The highest BCUT2D eigenvalue weighted by molar-refractivity contribution is 5.42. The third kappa shape index (κ3) is 3.04. The highest BCUT2D eigenvalue weighted by Gasteiger charge is 2.06. The van der Waals surface area contributed by atoms with Gasteiger partial charge in [-0.15, -0.1) is 0 Å². The van der Waals surface area contributed by atoms with Gasteiger partial charge in [-0.05, 0) is 25.5 Å². The monoisotopic (exact) mass is 229 g/mol. The number of aryl methyl sites for hydroxylation is 1. The minimum atomic E-state index is 0.0803. The average molecular weight is 229 g/mol. The van der Waals surface area contributed by atoms with Crippen molar-refractivity contribution >= 4 is 0 Å². The van der Waals surface area contributed by atoms with Gasteiger partial charge >= 0.3 is 0 Å². The van der Waals surface area contributed by atoms with Crippen LogP contribution in [0.5, 0.6) is 0 Å². The lowest BCUT2D eigenvalue weighted by atomic mass is 10.2. The van der Waals surface area contributed by atoms with Crippen LogP contribution in [0.25, 0.3) is 11.6 Å². The topological polar surface area (TPSA) is 77.6 Å². The summed E-state index contributed by atoms with van der Waals surface area (Å²) in [5.74, 6) is 1.09. The standard InChI is InChI=1S/C12H15N5/c1-8-6-15-11(16-7-8)12-14-4-3-10(17-12)5-9(2)13/h3-4,6-7,9H,5,13H2,1-2H3. The molecule has 0 aliphatic heterocycles. The molecule has 17 heavy (non-hydrogen) atoms. The molecular formula is C12H15N5. The summed E-state index contributed by atoms with van der Waals surface area (Å²) in [6.45, 7) is 3.89. The molecule has 0 saturated heterocycles. The van der Waals surface area contributed by atoms with Gasteiger partial charge in [-0.25, -0.2) is 19.9 Å². The Hall–Kier alpha value is -1.88. The molecule has 2 rings (SSSR count). The van der Waals surface area contributed by atoms with Crippen molar-refractivity contribution in [2.45, 2.75) is 26.3 Å². The van der Waals surface area contributed by atoms with Crippen molar-refractivity contribution in [2.24, 2.45) is 5.73 Å². The molecule has 0 amide bonds. The van der Waals surface area contributed by atoms with Gasteiger partial charge in [0.2, 0.25) is 0 Å². The number of nitrogens with zero attached hydrogens (tertiary/aromatic N) is 4. The fraction of sp³-hybridized carbons (Fsp3) is 0.333. The third-order valence-electron chi connectivity index (χ3n) is 2.23. The van der Waals surface area contributed by atoms with E-state index in [1.165, 1.54) is 0 Å². The van der Waals surface area contributed by atoms with Gasteiger partial charge in [0.15, 0.2) is 11.6 Å². The molecule has 88 valence electrons. The summed E-state index contributed by atoms with van der Waals surface area (Å²) in [5, 5.41) is 0. The van der Waals surface area contributed by atoms with Gasteiger partial charge in [-0.3, -0.25) is 0 Å². The Balaban J connectivity index is 2.29. The van der Waals surface area contributed by atoms with Crippen LogP contribution in [-0.4, -0.2) is 26.0 Å². The van der Waals surface area contributed by atoms with E-state index in [1.54, 1.807) is 18.6 Å². The summed E-state index contributed by atoms with van der Waals surface area (Å²) in [4.78, 5) is 17.0. The van der Waals surface area contributed by atoms with E-state index in [1.807, 2.05) is 19.9 Å². The molecule has 1 unspecified atom stereocenters. The Morgan fingerprint density at radius 2 is 1.88 bits per heavy atom. The molecule has 0 aliphatic rings. The molecule has 0 aromatic carbocycles. The fourth-order valence-corrected chi connectivity index (χ4v) is 1.46. The van der Waals surface area contributed by atoms with Crippen LogP contribution in [0.2, 0.25) is 0 Å². The summed E-state index contributed by atoms with van der Waals surface area (Å²) in [6.07, 6.45) is 5.94. The largest absolute Gasteiger partial charge is 0.328 e. The second-order valence-corrected chi connectivity index (χ2v) is 4.14. The fourth-order valence-electron chi connectivity index (χ4n) is 1.46. The van der Waals surface area contributed by atoms with Crippen molar-refractivity contribution in [3.63, 3.8) is 0 Å². The van der Waals surface area contributed by atoms with E-state index in [4.69, 9.17) is 5.73 Å². The second-order valence-electron chi connectivity index (χ2n) is 4.14. The van der Waals surface area contributed by atoms with E-state index in [-0.39, 0.29) is 6.04 Å². The minimum Gasteiger partial charge on any atom is -0.328 e. The molecule has 0 radical (unpaired) electrons. The van der Waals surface area contributed by atoms with Crippen molar-refractivity contribution in [1.29, 1.82) is 0 Å². The molecule has 2 aromatic heterocycles. The number of hydrogen-bond acceptors (Lipinski definition) is 5. The molecular weight excluding hydrogens is 214 g/mol. The van der Waals surface area contributed by atoms with E-state index in [9.17, 15) is 0 Å². The predicted molar refractivity (Wildman–Crippen MR) is 65.1 cm³/mol. The number of rotatable bonds is 3. The SMILES string of the molecule is Cc1cnc(-c2nccc(CC(C)N)n2)nc1. The molecule has 0 saturated carbocycles. The van der Waals surface area contributed by atoms with E-state index < -0.39 is 0 Å². The van der Waals surface area contributed by atoms with Gasteiger partial charge in [0.05, 0.1) is 0 Å². The molecule has 5 nitrogen and oxygen atoms in total. The maximum Gasteiger partial charge on any atom is 0.197 e. The number of nitrogens with two attached hydrogens (primary N) is 1. The molecule has 1 atom stereocenters. The summed E-state index contributed by atoms with van der Waals surface area (Å²) in [5.41, 5.74) is 7.67.